The third kappa shape index (κ3) is 2.68. The second kappa shape index (κ2) is 5.68. The third-order valence-corrected chi connectivity index (χ3v) is 4.38. The molecule has 0 bridgehead atoms. The fraction of sp³-hybridized carbons (Fsp3) is 0.333. The van der Waals surface area contributed by atoms with Gasteiger partial charge in [-0.15, -0.1) is 0 Å². The summed E-state index contributed by atoms with van der Waals surface area (Å²) in [6, 6.07) is 14.0. The number of anilines is 1. The van der Waals surface area contributed by atoms with Gasteiger partial charge in [0.1, 0.15) is 5.82 Å². The standard InChI is InChI=1S/C18H20N2O/c1-14-9-12-19-16(13-14)20-17(21)18(10-5-6-11-18)15-7-3-2-4-8-15/h2-4,7-9,12-13H,5-6,10-11H2,1H3,(H,19,20,21). The zero-order valence-corrected chi connectivity index (χ0v) is 12.3. The van der Waals surface area contributed by atoms with Crippen LogP contribution in [0, 0.1) is 6.92 Å². The van der Waals surface area contributed by atoms with Crippen molar-refractivity contribution in [2.24, 2.45) is 0 Å². The molecule has 21 heavy (non-hydrogen) atoms. The minimum atomic E-state index is -0.396. The SMILES string of the molecule is Cc1ccnc(NC(=O)C2(c3ccccc3)CCCC2)c1. The summed E-state index contributed by atoms with van der Waals surface area (Å²) in [6.07, 6.45) is 5.76. The zero-order valence-electron chi connectivity index (χ0n) is 12.3. The molecule has 0 aliphatic heterocycles. The molecule has 0 radical (unpaired) electrons. The second-order valence-electron chi connectivity index (χ2n) is 5.83. The van der Waals surface area contributed by atoms with E-state index in [1.807, 2.05) is 37.3 Å². The van der Waals surface area contributed by atoms with Crippen LogP contribution in [0.5, 0.6) is 0 Å². The van der Waals surface area contributed by atoms with Crippen molar-refractivity contribution in [2.45, 2.75) is 38.0 Å². The summed E-state index contributed by atoms with van der Waals surface area (Å²) in [5.41, 5.74) is 1.82. The van der Waals surface area contributed by atoms with Crippen LogP contribution >= 0.6 is 0 Å². The van der Waals surface area contributed by atoms with Gasteiger partial charge < -0.3 is 5.32 Å². The summed E-state index contributed by atoms with van der Waals surface area (Å²) >= 11 is 0. The van der Waals surface area contributed by atoms with Crippen molar-refractivity contribution in [3.8, 4) is 0 Å². The first-order valence-corrected chi connectivity index (χ1v) is 7.50. The number of aromatic nitrogens is 1. The van der Waals surface area contributed by atoms with Crippen LogP contribution in [0.25, 0.3) is 0 Å². The van der Waals surface area contributed by atoms with Gasteiger partial charge in [-0.05, 0) is 43.0 Å². The summed E-state index contributed by atoms with van der Waals surface area (Å²) in [6.45, 7) is 2.00. The highest BCUT2D eigenvalue weighted by molar-refractivity contribution is 5.98. The van der Waals surface area contributed by atoms with Gasteiger partial charge in [0.2, 0.25) is 5.91 Å². The van der Waals surface area contributed by atoms with Crippen molar-refractivity contribution < 1.29 is 4.79 Å². The van der Waals surface area contributed by atoms with E-state index in [1.54, 1.807) is 6.20 Å². The molecule has 1 heterocycles. The fourth-order valence-electron chi connectivity index (χ4n) is 3.22. The summed E-state index contributed by atoms with van der Waals surface area (Å²) in [5.74, 6) is 0.714. The van der Waals surface area contributed by atoms with Crippen LogP contribution < -0.4 is 5.32 Å². The Morgan fingerprint density at radius 1 is 1.14 bits per heavy atom. The van der Waals surface area contributed by atoms with Crippen molar-refractivity contribution in [1.29, 1.82) is 0 Å². The summed E-state index contributed by atoms with van der Waals surface area (Å²) in [7, 11) is 0. The van der Waals surface area contributed by atoms with E-state index in [0.717, 1.165) is 36.8 Å². The largest absolute Gasteiger partial charge is 0.310 e. The lowest BCUT2D eigenvalue weighted by Crippen LogP contribution is -2.38. The van der Waals surface area contributed by atoms with Crippen molar-refractivity contribution in [3.05, 3.63) is 59.8 Å². The van der Waals surface area contributed by atoms with Gasteiger partial charge in [0, 0.05) is 6.20 Å². The first kappa shape index (κ1) is 13.8. The number of rotatable bonds is 3. The Bertz CT molecular complexity index is 631. The number of carbonyl (C=O) groups excluding carboxylic acids is 1. The van der Waals surface area contributed by atoms with E-state index in [-0.39, 0.29) is 5.91 Å². The molecule has 1 amide bonds. The number of carbonyl (C=O) groups is 1. The van der Waals surface area contributed by atoms with Gasteiger partial charge in [0.25, 0.3) is 0 Å². The highest BCUT2D eigenvalue weighted by Crippen LogP contribution is 2.41. The van der Waals surface area contributed by atoms with Gasteiger partial charge in [-0.25, -0.2) is 4.98 Å². The molecule has 0 saturated heterocycles. The number of hydrogen-bond donors (Lipinski definition) is 1. The van der Waals surface area contributed by atoms with Crippen LogP contribution in [-0.4, -0.2) is 10.9 Å². The van der Waals surface area contributed by atoms with Gasteiger partial charge in [0.15, 0.2) is 0 Å². The molecule has 3 nitrogen and oxygen atoms in total. The molecule has 3 rings (SSSR count). The van der Waals surface area contributed by atoms with E-state index < -0.39 is 5.41 Å². The molecule has 1 aromatic heterocycles. The van der Waals surface area contributed by atoms with E-state index in [0.29, 0.717) is 5.82 Å². The van der Waals surface area contributed by atoms with E-state index in [2.05, 4.69) is 22.4 Å². The Labute approximate surface area is 125 Å². The molecule has 2 aromatic rings. The van der Waals surface area contributed by atoms with Gasteiger partial charge in [-0.3, -0.25) is 4.79 Å². The maximum Gasteiger partial charge on any atom is 0.236 e. The molecule has 1 aromatic carbocycles. The summed E-state index contributed by atoms with van der Waals surface area (Å²) in [4.78, 5) is 17.1. The Balaban J connectivity index is 1.89. The minimum Gasteiger partial charge on any atom is -0.310 e. The maximum atomic E-state index is 12.9. The van der Waals surface area contributed by atoms with E-state index in [9.17, 15) is 4.79 Å². The average molecular weight is 280 g/mol. The molecule has 1 aliphatic carbocycles. The number of benzene rings is 1. The molecule has 1 saturated carbocycles. The predicted octanol–water partition coefficient (Wildman–Crippen LogP) is 3.84. The molecule has 0 spiro atoms. The van der Waals surface area contributed by atoms with Crippen molar-refractivity contribution in [3.63, 3.8) is 0 Å². The fourth-order valence-corrected chi connectivity index (χ4v) is 3.22. The number of aryl methyl sites for hydroxylation is 1. The van der Waals surface area contributed by atoms with Crippen LogP contribution in [0.4, 0.5) is 5.82 Å². The highest BCUT2D eigenvalue weighted by Gasteiger charge is 2.42. The first-order chi connectivity index (χ1) is 10.2. The zero-order chi connectivity index (χ0) is 14.7. The molecule has 3 heteroatoms. The van der Waals surface area contributed by atoms with Crippen molar-refractivity contribution in [2.75, 3.05) is 5.32 Å². The quantitative estimate of drug-likeness (QED) is 0.928. The Morgan fingerprint density at radius 2 is 1.86 bits per heavy atom. The Hall–Kier alpha value is -2.16. The molecule has 1 fully saturated rings. The average Bonchev–Trinajstić information content (AvgIpc) is 2.99. The minimum absolute atomic E-state index is 0.0734. The lowest BCUT2D eigenvalue weighted by atomic mass is 9.78. The van der Waals surface area contributed by atoms with Crippen LogP contribution in [-0.2, 0) is 10.2 Å². The van der Waals surface area contributed by atoms with Crippen molar-refractivity contribution in [1.82, 2.24) is 4.98 Å². The van der Waals surface area contributed by atoms with Crippen LogP contribution in [0.15, 0.2) is 48.7 Å². The molecule has 1 aliphatic rings. The predicted molar refractivity (Wildman–Crippen MR) is 84.2 cm³/mol. The summed E-state index contributed by atoms with van der Waals surface area (Å²) < 4.78 is 0. The molecule has 108 valence electrons. The Kier molecular flexibility index (Phi) is 3.74. The smallest absolute Gasteiger partial charge is 0.236 e. The van der Waals surface area contributed by atoms with E-state index in [1.165, 1.54) is 0 Å². The molecule has 1 N–H and O–H groups in total. The number of amides is 1. The number of nitrogens with one attached hydrogen (secondary N) is 1. The second-order valence-corrected chi connectivity index (χ2v) is 5.83. The third-order valence-electron chi connectivity index (χ3n) is 4.38. The van der Waals surface area contributed by atoms with Crippen LogP contribution in [0.1, 0.15) is 36.8 Å². The topological polar surface area (TPSA) is 42.0 Å². The van der Waals surface area contributed by atoms with Gasteiger partial charge in [-0.2, -0.15) is 0 Å². The number of pyridine rings is 1. The van der Waals surface area contributed by atoms with Gasteiger partial charge in [0.05, 0.1) is 5.41 Å². The van der Waals surface area contributed by atoms with Gasteiger partial charge in [-0.1, -0.05) is 43.2 Å². The molecule has 0 unspecified atom stereocenters. The van der Waals surface area contributed by atoms with Crippen LogP contribution in [0.3, 0.4) is 0 Å². The lowest BCUT2D eigenvalue weighted by molar-refractivity contribution is -0.121. The number of hydrogen-bond acceptors (Lipinski definition) is 2. The normalized spacial score (nSPS) is 16.6. The molecular formula is C18H20N2O. The van der Waals surface area contributed by atoms with E-state index >= 15 is 0 Å². The Morgan fingerprint density at radius 3 is 2.52 bits per heavy atom. The van der Waals surface area contributed by atoms with Crippen LogP contribution in [0.2, 0.25) is 0 Å². The highest BCUT2D eigenvalue weighted by atomic mass is 16.2. The lowest BCUT2D eigenvalue weighted by Gasteiger charge is -2.28. The van der Waals surface area contributed by atoms with Gasteiger partial charge >= 0.3 is 0 Å². The van der Waals surface area contributed by atoms with E-state index in [4.69, 9.17) is 0 Å². The number of nitrogens with zero attached hydrogens (tertiary/aromatic N) is 1. The summed E-state index contributed by atoms with van der Waals surface area (Å²) in [5, 5.41) is 3.01. The van der Waals surface area contributed by atoms with Crippen molar-refractivity contribution >= 4 is 11.7 Å². The molecular weight excluding hydrogens is 260 g/mol. The first-order valence-electron chi connectivity index (χ1n) is 7.50. The monoisotopic (exact) mass is 280 g/mol. The molecule has 0 atom stereocenters. The maximum absolute atomic E-state index is 12.9.